The van der Waals surface area contributed by atoms with Gasteiger partial charge in [0.25, 0.3) is 0 Å². The van der Waals surface area contributed by atoms with E-state index in [0.717, 1.165) is 32.5 Å². The van der Waals surface area contributed by atoms with Crippen LogP contribution in [0, 0.1) is 11.8 Å². The highest BCUT2D eigenvalue weighted by atomic mass is 16.6. The van der Waals surface area contributed by atoms with Crippen molar-refractivity contribution in [1.29, 1.82) is 0 Å². The molecule has 28 heavy (non-hydrogen) atoms. The first kappa shape index (κ1) is 28.3. The number of rotatable bonds is 7. The maximum atomic E-state index is 11.4. The van der Waals surface area contributed by atoms with Crippen molar-refractivity contribution in [3.05, 3.63) is 0 Å². The Morgan fingerprint density at radius 1 is 1.00 bits per heavy atom. The van der Waals surface area contributed by atoms with E-state index in [1.54, 1.807) is 13.8 Å². The number of likely N-dealkylation sites (tertiary alicyclic amines) is 1. The molecule has 2 atom stereocenters. The molecule has 6 N–H and O–H groups in total. The fourth-order valence-electron chi connectivity index (χ4n) is 2.36. The third-order valence-corrected chi connectivity index (χ3v) is 4.00. The SMILES string of the molecule is CC1CC(=O)OC1=O.CNCCCN.CNCCCN1C(=O)CC(C)C1=O.O. The highest BCUT2D eigenvalue weighted by molar-refractivity contribution is 6.03. The van der Waals surface area contributed by atoms with Gasteiger partial charge in [0.1, 0.15) is 0 Å². The van der Waals surface area contributed by atoms with Crippen molar-refractivity contribution in [3.8, 4) is 0 Å². The summed E-state index contributed by atoms with van der Waals surface area (Å²) < 4.78 is 4.20. The molecule has 2 aliphatic heterocycles. The minimum Gasteiger partial charge on any atom is -0.412 e. The lowest BCUT2D eigenvalue weighted by Gasteiger charge is -2.13. The molecule has 0 aromatic heterocycles. The number of carbonyl (C=O) groups is 4. The van der Waals surface area contributed by atoms with E-state index in [-0.39, 0.29) is 35.5 Å². The van der Waals surface area contributed by atoms with Crippen LogP contribution >= 0.6 is 0 Å². The molecule has 0 saturated carbocycles. The highest BCUT2D eigenvalue weighted by Crippen LogP contribution is 2.18. The average molecular weight is 405 g/mol. The van der Waals surface area contributed by atoms with E-state index in [2.05, 4.69) is 15.4 Å². The molecule has 2 heterocycles. The molecule has 2 saturated heterocycles. The second kappa shape index (κ2) is 16.1. The van der Waals surface area contributed by atoms with Gasteiger partial charge in [0, 0.05) is 18.9 Å². The van der Waals surface area contributed by atoms with Crippen molar-refractivity contribution in [2.75, 3.05) is 40.3 Å². The Balaban J connectivity index is 0. The van der Waals surface area contributed by atoms with Gasteiger partial charge in [-0.1, -0.05) is 13.8 Å². The summed E-state index contributed by atoms with van der Waals surface area (Å²) in [5.41, 5.74) is 5.17. The Bertz CT molecular complexity index is 496. The molecule has 0 aromatic rings. The third-order valence-electron chi connectivity index (χ3n) is 4.00. The first-order valence-electron chi connectivity index (χ1n) is 9.36. The standard InChI is InChI=1S/C9H16N2O2.C5H6O3.C4H12N2.H2O/c1-7-6-8(12)11(9(7)13)5-3-4-10-2;1-3-2-4(6)8-5(3)7;1-6-4-2-3-5;/h7,10H,3-6H2,1-2H3;3H,2H2,1H3;6H,2-5H2,1H3;1H2. The number of ether oxygens (including phenoxy) is 1. The van der Waals surface area contributed by atoms with Crippen LogP contribution in [-0.4, -0.2) is 74.4 Å². The van der Waals surface area contributed by atoms with Crippen molar-refractivity contribution in [3.63, 3.8) is 0 Å². The van der Waals surface area contributed by atoms with E-state index in [4.69, 9.17) is 5.73 Å². The fourth-order valence-corrected chi connectivity index (χ4v) is 2.36. The zero-order valence-electron chi connectivity index (χ0n) is 17.4. The number of nitrogens with zero attached hydrogens (tertiary/aromatic N) is 1. The number of cyclic esters (lactones) is 2. The molecule has 2 rings (SSSR count). The molecule has 10 nitrogen and oxygen atoms in total. The normalized spacial score (nSPS) is 20.7. The van der Waals surface area contributed by atoms with Gasteiger partial charge >= 0.3 is 11.9 Å². The Kier molecular flexibility index (Phi) is 16.3. The number of carbonyl (C=O) groups excluding carboxylic acids is 4. The first-order valence-corrected chi connectivity index (χ1v) is 9.36. The van der Waals surface area contributed by atoms with E-state index in [0.29, 0.717) is 13.0 Å². The monoisotopic (exact) mass is 404 g/mol. The van der Waals surface area contributed by atoms with Gasteiger partial charge in [-0.3, -0.25) is 24.1 Å². The molecule has 10 heteroatoms. The van der Waals surface area contributed by atoms with Gasteiger partial charge in [-0.15, -0.1) is 0 Å². The van der Waals surface area contributed by atoms with Crippen molar-refractivity contribution in [2.24, 2.45) is 17.6 Å². The molecule has 2 aliphatic rings. The molecule has 0 radical (unpaired) electrons. The summed E-state index contributed by atoms with van der Waals surface area (Å²) in [5, 5.41) is 5.97. The molecule has 2 amide bonds. The number of nitrogens with one attached hydrogen (secondary N) is 2. The van der Waals surface area contributed by atoms with Crippen LogP contribution < -0.4 is 16.4 Å². The van der Waals surface area contributed by atoms with Crippen LogP contribution in [0.5, 0.6) is 0 Å². The number of nitrogens with two attached hydrogens (primary N) is 1. The Labute approximate surface area is 166 Å². The second-order valence-electron chi connectivity index (χ2n) is 6.59. The van der Waals surface area contributed by atoms with Gasteiger partial charge in [0.05, 0.1) is 12.3 Å². The molecular formula is C18H36N4O6. The zero-order chi connectivity index (χ0) is 20.8. The lowest BCUT2D eigenvalue weighted by atomic mass is 10.1. The number of esters is 2. The maximum absolute atomic E-state index is 11.4. The Morgan fingerprint density at radius 3 is 1.86 bits per heavy atom. The average Bonchev–Trinajstić information content (AvgIpc) is 3.05. The summed E-state index contributed by atoms with van der Waals surface area (Å²) in [6.45, 7) is 6.71. The van der Waals surface area contributed by atoms with Crippen LogP contribution in [0.25, 0.3) is 0 Å². The highest BCUT2D eigenvalue weighted by Gasteiger charge is 2.34. The number of amides is 2. The fraction of sp³-hybridized carbons (Fsp3) is 0.778. The number of hydrogen-bond acceptors (Lipinski definition) is 8. The molecule has 0 aromatic carbocycles. The molecule has 164 valence electrons. The van der Waals surface area contributed by atoms with Crippen molar-refractivity contribution < 1.29 is 29.4 Å². The van der Waals surface area contributed by atoms with E-state index in [1.165, 1.54) is 4.90 Å². The summed E-state index contributed by atoms with van der Waals surface area (Å²) in [4.78, 5) is 44.6. The van der Waals surface area contributed by atoms with Crippen LogP contribution in [-0.2, 0) is 23.9 Å². The summed E-state index contributed by atoms with van der Waals surface area (Å²) in [6.07, 6.45) is 2.55. The van der Waals surface area contributed by atoms with Crippen molar-refractivity contribution in [1.82, 2.24) is 15.5 Å². The second-order valence-corrected chi connectivity index (χ2v) is 6.59. The molecular weight excluding hydrogens is 368 g/mol. The van der Waals surface area contributed by atoms with Crippen molar-refractivity contribution in [2.45, 2.75) is 39.5 Å². The van der Waals surface area contributed by atoms with Gasteiger partial charge in [-0.05, 0) is 46.6 Å². The Morgan fingerprint density at radius 2 is 1.57 bits per heavy atom. The third kappa shape index (κ3) is 11.1. The number of imide groups is 1. The largest absolute Gasteiger partial charge is 0.412 e. The lowest BCUT2D eigenvalue weighted by Crippen LogP contribution is -2.32. The van der Waals surface area contributed by atoms with Gasteiger partial charge in [0.2, 0.25) is 11.8 Å². The smallest absolute Gasteiger partial charge is 0.316 e. The minimum absolute atomic E-state index is 0. The zero-order valence-corrected chi connectivity index (χ0v) is 17.4. The van der Waals surface area contributed by atoms with Crippen LogP contribution in [0.1, 0.15) is 39.5 Å². The topological polar surface area (TPSA) is 162 Å². The van der Waals surface area contributed by atoms with Crippen LogP contribution in [0.15, 0.2) is 0 Å². The van der Waals surface area contributed by atoms with Crippen LogP contribution in [0.3, 0.4) is 0 Å². The summed E-state index contributed by atoms with van der Waals surface area (Å²) in [6, 6.07) is 0. The van der Waals surface area contributed by atoms with Gasteiger partial charge < -0.3 is 26.6 Å². The lowest BCUT2D eigenvalue weighted by molar-refractivity contribution is -0.153. The van der Waals surface area contributed by atoms with E-state index in [9.17, 15) is 19.2 Å². The predicted octanol–water partition coefficient (Wildman–Crippen LogP) is -1.18. The van der Waals surface area contributed by atoms with Gasteiger partial charge in [-0.2, -0.15) is 0 Å². The summed E-state index contributed by atoms with van der Waals surface area (Å²) in [5.74, 6) is -1.16. The number of hydrogen-bond donors (Lipinski definition) is 3. The molecule has 0 bridgehead atoms. The first-order chi connectivity index (χ1) is 12.8. The summed E-state index contributed by atoms with van der Waals surface area (Å²) >= 11 is 0. The van der Waals surface area contributed by atoms with Crippen LogP contribution in [0.4, 0.5) is 0 Å². The maximum Gasteiger partial charge on any atom is 0.316 e. The molecule has 0 spiro atoms. The van der Waals surface area contributed by atoms with E-state index in [1.807, 2.05) is 14.1 Å². The quantitative estimate of drug-likeness (QED) is 0.207. The van der Waals surface area contributed by atoms with E-state index >= 15 is 0 Å². The van der Waals surface area contributed by atoms with Gasteiger partial charge in [0.15, 0.2) is 0 Å². The predicted molar refractivity (Wildman–Crippen MR) is 105 cm³/mol. The van der Waals surface area contributed by atoms with Gasteiger partial charge in [-0.25, -0.2) is 0 Å². The Hall–Kier alpha value is -1.88. The summed E-state index contributed by atoms with van der Waals surface area (Å²) in [7, 11) is 3.78. The van der Waals surface area contributed by atoms with E-state index < -0.39 is 11.9 Å². The van der Waals surface area contributed by atoms with Crippen LogP contribution in [0.2, 0.25) is 0 Å². The molecule has 2 fully saturated rings. The molecule has 2 unspecified atom stereocenters. The minimum atomic E-state index is -0.400. The van der Waals surface area contributed by atoms with Crippen molar-refractivity contribution >= 4 is 23.8 Å². The molecule has 0 aliphatic carbocycles.